The van der Waals surface area contributed by atoms with Crippen molar-refractivity contribution >= 4 is 19.8 Å². The lowest BCUT2D eigenvalue weighted by atomic mass is 10.0. The van der Waals surface area contributed by atoms with Gasteiger partial charge in [0.05, 0.1) is 13.2 Å². The van der Waals surface area contributed by atoms with Gasteiger partial charge in [-0.05, 0) is 44.9 Å². The molecule has 3 N–H and O–H groups in total. The quantitative estimate of drug-likeness (QED) is 0.0281. The minimum absolute atomic E-state index is 0.0505. The number of hydrogen-bond donors (Lipinski definition) is 2. The minimum Gasteiger partial charge on any atom is -0.462 e. The van der Waals surface area contributed by atoms with E-state index in [9.17, 15) is 19.0 Å². The molecule has 0 aromatic heterocycles. The van der Waals surface area contributed by atoms with Crippen LogP contribution in [0.15, 0.2) is 36.5 Å². The number of phosphoric acid groups is 1. The topological polar surface area (TPSA) is 134 Å². The zero-order valence-electron chi connectivity index (χ0n) is 31.2. The van der Waals surface area contributed by atoms with Crippen LogP contribution in [0, 0.1) is 0 Å². The Morgan fingerprint density at radius 3 is 1.67 bits per heavy atom. The maximum absolute atomic E-state index is 12.5. The molecule has 0 aliphatic heterocycles. The Kier molecular flexibility index (Phi) is 34.7. The monoisotopic (exact) mass is 713 g/mol. The number of carbonyl (C=O) groups is 2. The molecular weight excluding hydrogens is 641 g/mol. The predicted octanol–water partition coefficient (Wildman–Crippen LogP) is 10.6. The smallest absolute Gasteiger partial charge is 0.462 e. The summed E-state index contributed by atoms with van der Waals surface area (Å²) >= 11 is 0. The van der Waals surface area contributed by atoms with Crippen molar-refractivity contribution in [1.29, 1.82) is 0 Å². The molecule has 0 bridgehead atoms. The molecule has 10 heteroatoms. The Balaban J connectivity index is 4.24. The van der Waals surface area contributed by atoms with Gasteiger partial charge in [-0.1, -0.05) is 147 Å². The van der Waals surface area contributed by atoms with Crippen molar-refractivity contribution in [3.63, 3.8) is 0 Å². The van der Waals surface area contributed by atoms with Gasteiger partial charge in [0.1, 0.15) is 6.61 Å². The van der Waals surface area contributed by atoms with Gasteiger partial charge in [0.25, 0.3) is 0 Å². The summed E-state index contributed by atoms with van der Waals surface area (Å²) in [7, 11) is -4.37. The normalized spacial score (nSPS) is 13.8. The summed E-state index contributed by atoms with van der Waals surface area (Å²) in [5, 5.41) is 0. The third kappa shape index (κ3) is 35.8. The van der Waals surface area contributed by atoms with E-state index >= 15 is 0 Å². The van der Waals surface area contributed by atoms with Gasteiger partial charge in [-0.25, -0.2) is 4.57 Å². The van der Waals surface area contributed by atoms with Gasteiger partial charge in [-0.2, -0.15) is 0 Å². The summed E-state index contributed by atoms with van der Waals surface area (Å²) in [6.45, 7) is 3.59. The van der Waals surface area contributed by atoms with Gasteiger partial charge >= 0.3 is 19.8 Å². The van der Waals surface area contributed by atoms with Crippen LogP contribution in [0.4, 0.5) is 0 Å². The third-order valence-electron chi connectivity index (χ3n) is 8.04. The molecular formula is C39H72NO8P. The van der Waals surface area contributed by atoms with Gasteiger partial charge < -0.3 is 20.1 Å². The van der Waals surface area contributed by atoms with Crippen molar-refractivity contribution in [2.45, 2.75) is 174 Å². The second kappa shape index (κ2) is 36.0. The molecule has 0 saturated carbocycles. The highest BCUT2D eigenvalue weighted by Gasteiger charge is 2.25. The van der Waals surface area contributed by atoms with E-state index in [1.165, 1.54) is 64.2 Å². The Morgan fingerprint density at radius 2 is 1.12 bits per heavy atom. The summed E-state index contributed by atoms with van der Waals surface area (Å²) < 4.78 is 32.6. The van der Waals surface area contributed by atoms with E-state index in [1.807, 2.05) is 0 Å². The zero-order chi connectivity index (χ0) is 36.1. The van der Waals surface area contributed by atoms with Crippen molar-refractivity contribution < 1.29 is 37.6 Å². The number of allylic oxidation sites excluding steroid dienone is 6. The molecule has 0 saturated heterocycles. The molecule has 0 amide bonds. The lowest BCUT2D eigenvalue weighted by Gasteiger charge is -2.19. The molecule has 0 aromatic rings. The van der Waals surface area contributed by atoms with Gasteiger partial charge in [-0.3, -0.25) is 18.6 Å². The standard InChI is InChI=1S/C39H72NO8P/c1-3-5-7-9-11-13-15-17-18-20-22-24-26-28-30-32-39(42)48-37(36-47-49(43,44)46-34-33-40)35-45-38(41)31-29-27-25-23-21-19-16-14-12-10-8-6-4-2/h5,7,11,13,17-18,37H,3-4,6,8-10,12,14-16,19-36,40H2,1-2H3,(H,43,44)/b7-5-,13-11-,18-17-/t37-/m1/s1. The lowest BCUT2D eigenvalue weighted by molar-refractivity contribution is -0.161. The van der Waals surface area contributed by atoms with E-state index < -0.39 is 26.5 Å². The Labute approximate surface area is 299 Å². The Bertz CT molecular complexity index is 907. The minimum atomic E-state index is -4.37. The van der Waals surface area contributed by atoms with Crippen LogP contribution in [0.5, 0.6) is 0 Å². The Morgan fingerprint density at radius 1 is 0.633 bits per heavy atom. The SMILES string of the molecule is CC/C=C\C/C=C\C/C=C\CCCCCCCC(=O)O[C@H](COC(=O)CCCCCCCCCCCCCCC)COP(=O)(O)OCCN. The van der Waals surface area contributed by atoms with Gasteiger partial charge in [0.2, 0.25) is 0 Å². The first kappa shape index (κ1) is 47.2. The number of ether oxygens (including phenoxy) is 2. The van der Waals surface area contributed by atoms with Crippen LogP contribution >= 0.6 is 7.82 Å². The van der Waals surface area contributed by atoms with Crippen LogP contribution in [0.3, 0.4) is 0 Å². The first-order valence-electron chi connectivity index (χ1n) is 19.5. The van der Waals surface area contributed by atoms with E-state index in [0.29, 0.717) is 6.42 Å². The van der Waals surface area contributed by atoms with Gasteiger partial charge in [0, 0.05) is 19.4 Å². The number of rotatable bonds is 36. The molecule has 0 aliphatic carbocycles. The van der Waals surface area contributed by atoms with Crippen molar-refractivity contribution in [2.75, 3.05) is 26.4 Å². The molecule has 286 valence electrons. The second-order valence-electron chi connectivity index (χ2n) is 12.8. The first-order valence-corrected chi connectivity index (χ1v) is 21.0. The lowest BCUT2D eigenvalue weighted by Crippen LogP contribution is -2.29. The molecule has 0 radical (unpaired) electrons. The number of nitrogens with two attached hydrogens (primary N) is 1. The van der Waals surface area contributed by atoms with Crippen LogP contribution in [0.25, 0.3) is 0 Å². The van der Waals surface area contributed by atoms with E-state index in [1.54, 1.807) is 0 Å². The highest BCUT2D eigenvalue weighted by Crippen LogP contribution is 2.43. The van der Waals surface area contributed by atoms with Crippen LogP contribution < -0.4 is 5.73 Å². The van der Waals surface area contributed by atoms with Crippen molar-refractivity contribution in [3.05, 3.63) is 36.5 Å². The predicted molar refractivity (Wildman–Crippen MR) is 201 cm³/mol. The second-order valence-corrected chi connectivity index (χ2v) is 14.2. The summed E-state index contributed by atoms with van der Waals surface area (Å²) in [5.41, 5.74) is 5.33. The van der Waals surface area contributed by atoms with Crippen LogP contribution in [-0.2, 0) is 32.7 Å². The molecule has 0 aromatic carbocycles. The molecule has 2 atom stereocenters. The molecule has 0 aliphatic rings. The highest BCUT2D eigenvalue weighted by atomic mass is 31.2. The highest BCUT2D eigenvalue weighted by molar-refractivity contribution is 7.47. The molecule has 0 heterocycles. The number of esters is 2. The summed E-state index contributed by atoms with van der Waals surface area (Å²) in [5.74, 6) is -0.847. The maximum Gasteiger partial charge on any atom is 0.472 e. The average Bonchev–Trinajstić information content (AvgIpc) is 3.08. The van der Waals surface area contributed by atoms with Gasteiger partial charge in [0.15, 0.2) is 6.10 Å². The van der Waals surface area contributed by atoms with Crippen LogP contribution in [0.1, 0.15) is 168 Å². The zero-order valence-corrected chi connectivity index (χ0v) is 32.1. The van der Waals surface area contributed by atoms with Crippen LogP contribution in [-0.4, -0.2) is 49.3 Å². The van der Waals surface area contributed by atoms with E-state index in [0.717, 1.165) is 70.6 Å². The number of phosphoric ester groups is 1. The fourth-order valence-corrected chi connectivity index (χ4v) is 5.94. The van der Waals surface area contributed by atoms with E-state index in [2.05, 4.69) is 50.3 Å². The Hall–Kier alpha value is -1.77. The third-order valence-corrected chi connectivity index (χ3v) is 9.02. The number of unbranched alkanes of at least 4 members (excludes halogenated alkanes) is 17. The summed E-state index contributed by atoms with van der Waals surface area (Å²) in [6, 6.07) is 0. The summed E-state index contributed by atoms with van der Waals surface area (Å²) in [6.07, 6.45) is 37.4. The maximum atomic E-state index is 12.5. The van der Waals surface area contributed by atoms with Crippen molar-refractivity contribution in [1.82, 2.24) is 0 Å². The molecule has 0 fully saturated rings. The largest absolute Gasteiger partial charge is 0.472 e. The number of hydrogen-bond acceptors (Lipinski definition) is 8. The molecule has 49 heavy (non-hydrogen) atoms. The molecule has 0 spiro atoms. The fourth-order valence-electron chi connectivity index (χ4n) is 5.18. The number of carbonyl (C=O) groups excluding carboxylic acids is 2. The van der Waals surface area contributed by atoms with Gasteiger partial charge in [-0.15, -0.1) is 0 Å². The molecule has 0 rings (SSSR count). The van der Waals surface area contributed by atoms with E-state index in [4.69, 9.17) is 24.3 Å². The van der Waals surface area contributed by atoms with Crippen molar-refractivity contribution in [3.8, 4) is 0 Å². The fraction of sp³-hybridized carbons (Fsp3) is 0.795. The van der Waals surface area contributed by atoms with Crippen LogP contribution in [0.2, 0.25) is 0 Å². The van der Waals surface area contributed by atoms with Crippen molar-refractivity contribution in [2.24, 2.45) is 5.73 Å². The molecule has 1 unspecified atom stereocenters. The first-order chi connectivity index (χ1) is 23.8. The van der Waals surface area contributed by atoms with E-state index in [-0.39, 0.29) is 38.6 Å². The average molecular weight is 714 g/mol. The molecule has 9 nitrogen and oxygen atoms in total. The summed E-state index contributed by atoms with van der Waals surface area (Å²) in [4.78, 5) is 34.7.